The maximum absolute atomic E-state index is 13.3. The number of fused-ring (bicyclic) bond motifs is 1. The van der Waals surface area contributed by atoms with Crippen LogP contribution in [0, 0.1) is 18.2 Å². The lowest BCUT2D eigenvalue weighted by atomic mass is 10.1. The molecule has 0 aliphatic carbocycles. The molecule has 0 radical (unpaired) electrons. The van der Waals surface area contributed by atoms with E-state index in [0.717, 1.165) is 0 Å². The van der Waals surface area contributed by atoms with E-state index < -0.39 is 11.8 Å². The molecule has 1 aromatic heterocycles. The SMILES string of the molecule is C#Cc1ccc2c(=O)n(-c3ccc(F)cc3)c(CCCCC(=O)O)nc2c1. The fourth-order valence-corrected chi connectivity index (χ4v) is 2.90. The fraction of sp³-hybridized carbons (Fsp3) is 0.190. The van der Waals surface area contributed by atoms with Gasteiger partial charge in [0.1, 0.15) is 11.6 Å². The van der Waals surface area contributed by atoms with E-state index >= 15 is 0 Å². The molecule has 0 bridgehead atoms. The number of hydrogen-bond acceptors (Lipinski definition) is 3. The number of nitrogens with zero attached hydrogens (tertiary/aromatic N) is 2. The third-order valence-electron chi connectivity index (χ3n) is 4.23. The van der Waals surface area contributed by atoms with Crippen LogP contribution in [-0.2, 0) is 11.2 Å². The van der Waals surface area contributed by atoms with Gasteiger partial charge in [0.25, 0.3) is 5.56 Å². The Labute approximate surface area is 155 Å². The van der Waals surface area contributed by atoms with Crippen molar-refractivity contribution < 1.29 is 14.3 Å². The van der Waals surface area contributed by atoms with Crippen molar-refractivity contribution in [3.05, 3.63) is 70.0 Å². The highest BCUT2D eigenvalue weighted by atomic mass is 19.1. The lowest BCUT2D eigenvalue weighted by molar-refractivity contribution is -0.137. The molecule has 0 saturated carbocycles. The van der Waals surface area contributed by atoms with Gasteiger partial charge in [-0.25, -0.2) is 9.37 Å². The second-order valence-electron chi connectivity index (χ2n) is 6.12. The van der Waals surface area contributed by atoms with Crippen LogP contribution in [0.25, 0.3) is 16.6 Å². The Bertz CT molecular complexity index is 1100. The fourth-order valence-electron chi connectivity index (χ4n) is 2.90. The molecule has 6 heteroatoms. The zero-order chi connectivity index (χ0) is 19.4. The van der Waals surface area contributed by atoms with E-state index in [-0.39, 0.29) is 12.0 Å². The molecule has 0 amide bonds. The smallest absolute Gasteiger partial charge is 0.303 e. The summed E-state index contributed by atoms with van der Waals surface area (Å²) in [5.74, 6) is 1.74. The monoisotopic (exact) mass is 364 g/mol. The van der Waals surface area contributed by atoms with Crippen LogP contribution in [-0.4, -0.2) is 20.6 Å². The lowest BCUT2D eigenvalue weighted by Gasteiger charge is -2.14. The Morgan fingerprint density at radius 2 is 1.93 bits per heavy atom. The molecule has 0 aliphatic heterocycles. The van der Waals surface area contributed by atoms with E-state index in [9.17, 15) is 14.0 Å². The molecule has 3 rings (SSSR count). The highest BCUT2D eigenvalue weighted by Crippen LogP contribution is 2.17. The molecule has 27 heavy (non-hydrogen) atoms. The first-order valence-corrected chi connectivity index (χ1v) is 8.49. The van der Waals surface area contributed by atoms with Crippen molar-refractivity contribution in [3.8, 4) is 18.0 Å². The van der Waals surface area contributed by atoms with E-state index in [2.05, 4.69) is 10.9 Å². The Kier molecular flexibility index (Phi) is 5.32. The minimum absolute atomic E-state index is 0.0512. The van der Waals surface area contributed by atoms with Gasteiger partial charge in [0, 0.05) is 18.4 Å². The van der Waals surface area contributed by atoms with Crippen molar-refractivity contribution >= 4 is 16.9 Å². The largest absolute Gasteiger partial charge is 0.481 e. The first kappa shape index (κ1) is 18.3. The molecule has 2 aromatic carbocycles. The van der Waals surface area contributed by atoms with E-state index in [0.29, 0.717) is 47.2 Å². The summed E-state index contributed by atoms with van der Waals surface area (Å²) in [6.45, 7) is 0. The molecule has 1 N–H and O–H groups in total. The van der Waals surface area contributed by atoms with Crippen LogP contribution in [0.3, 0.4) is 0 Å². The molecular weight excluding hydrogens is 347 g/mol. The molecule has 0 aliphatic rings. The molecule has 0 spiro atoms. The van der Waals surface area contributed by atoms with Crippen molar-refractivity contribution in [1.82, 2.24) is 9.55 Å². The van der Waals surface area contributed by atoms with Gasteiger partial charge < -0.3 is 5.11 Å². The minimum atomic E-state index is -0.865. The molecule has 0 fully saturated rings. The van der Waals surface area contributed by atoms with Gasteiger partial charge in [-0.05, 0) is 55.3 Å². The topological polar surface area (TPSA) is 72.2 Å². The maximum atomic E-state index is 13.3. The number of carbonyl (C=O) groups is 1. The molecule has 1 heterocycles. The summed E-state index contributed by atoms with van der Waals surface area (Å²) in [5, 5.41) is 9.20. The van der Waals surface area contributed by atoms with Crippen molar-refractivity contribution in [2.24, 2.45) is 0 Å². The average molecular weight is 364 g/mol. The van der Waals surface area contributed by atoms with E-state index in [1.54, 1.807) is 18.2 Å². The van der Waals surface area contributed by atoms with Crippen molar-refractivity contribution in [1.29, 1.82) is 0 Å². The number of aromatic nitrogens is 2. The van der Waals surface area contributed by atoms with E-state index in [1.807, 2.05) is 0 Å². The van der Waals surface area contributed by atoms with Crippen LogP contribution in [0.4, 0.5) is 4.39 Å². The van der Waals surface area contributed by atoms with Crippen LogP contribution in [0.2, 0.25) is 0 Å². The maximum Gasteiger partial charge on any atom is 0.303 e. The van der Waals surface area contributed by atoms with Crippen molar-refractivity contribution in [2.45, 2.75) is 25.7 Å². The lowest BCUT2D eigenvalue weighted by Crippen LogP contribution is -2.24. The highest BCUT2D eigenvalue weighted by Gasteiger charge is 2.13. The summed E-state index contributed by atoms with van der Waals surface area (Å²) in [4.78, 5) is 28.4. The third kappa shape index (κ3) is 4.04. The Balaban J connectivity index is 2.11. The molecule has 0 saturated heterocycles. The summed E-state index contributed by atoms with van der Waals surface area (Å²) in [7, 11) is 0. The summed E-state index contributed by atoms with van der Waals surface area (Å²) < 4.78 is 14.7. The van der Waals surface area contributed by atoms with Gasteiger partial charge in [-0.15, -0.1) is 6.42 Å². The number of carboxylic acid groups (broad SMARTS) is 1. The zero-order valence-electron chi connectivity index (χ0n) is 14.5. The molecule has 0 atom stereocenters. The van der Waals surface area contributed by atoms with Crippen LogP contribution in [0.5, 0.6) is 0 Å². The van der Waals surface area contributed by atoms with Gasteiger partial charge in [0.05, 0.1) is 16.6 Å². The summed E-state index contributed by atoms with van der Waals surface area (Å²) in [5.41, 5.74) is 1.33. The third-order valence-corrected chi connectivity index (χ3v) is 4.23. The van der Waals surface area contributed by atoms with Crippen LogP contribution in [0.15, 0.2) is 47.3 Å². The Morgan fingerprint density at radius 3 is 2.59 bits per heavy atom. The number of aryl methyl sites for hydroxylation is 1. The number of hydrogen-bond donors (Lipinski definition) is 1. The predicted molar refractivity (Wildman–Crippen MR) is 100 cm³/mol. The van der Waals surface area contributed by atoms with Gasteiger partial charge in [-0.1, -0.05) is 5.92 Å². The van der Waals surface area contributed by atoms with Gasteiger partial charge in [-0.2, -0.15) is 0 Å². The number of aliphatic carboxylic acids is 1. The normalized spacial score (nSPS) is 10.7. The zero-order valence-corrected chi connectivity index (χ0v) is 14.5. The average Bonchev–Trinajstić information content (AvgIpc) is 2.66. The van der Waals surface area contributed by atoms with Crippen molar-refractivity contribution in [3.63, 3.8) is 0 Å². The Hall–Kier alpha value is -3.46. The first-order valence-electron chi connectivity index (χ1n) is 8.49. The predicted octanol–water partition coefficient (Wildman–Crippen LogP) is 3.30. The van der Waals surface area contributed by atoms with Crippen molar-refractivity contribution in [2.75, 3.05) is 0 Å². The van der Waals surface area contributed by atoms with Gasteiger partial charge in [-0.3, -0.25) is 14.2 Å². The summed E-state index contributed by atoms with van der Waals surface area (Å²) in [6.07, 6.45) is 6.92. The molecular formula is C21H17FN2O3. The number of rotatable bonds is 6. The van der Waals surface area contributed by atoms with Gasteiger partial charge in [0.2, 0.25) is 0 Å². The summed E-state index contributed by atoms with van der Waals surface area (Å²) in [6, 6.07) is 10.6. The van der Waals surface area contributed by atoms with Gasteiger partial charge >= 0.3 is 5.97 Å². The second kappa shape index (κ2) is 7.83. The number of terminal acetylenes is 1. The molecule has 136 valence electrons. The molecule has 3 aromatic rings. The van der Waals surface area contributed by atoms with E-state index in [1.165, 1.54) is 28.8 Å². The van der Waals surface area contributed by atoms with Crippen LogP contribution >= 0.6 is 0 Å². The molecule has 0 unspecified atom stereocenters. The quantitative estimate of drug-likeness (QED) is 0.538. The van der Waals surface area contributed by atoms with Crippen LogP contribution < -0.4 is 5.56 Å². The summed E-state index contributed by atoms with van der Waals surface area (Å²) >= 11 is 0. The van der Waals surface area contributed by atoms with Crippen LogP contribution in [0.1, 0.15) is 30.7 Å². The standard InChI is InChI=1S/C21H17FN2O3/c1-2-14-7-12-17-18(13-14)23-19(5-3-4-6-20(25)26)24(21(17)27)16-10-8-15(22)9-11-16/h1,7-13H,3-6H2,(H,25,26). The first-order chi connectivity index (χ1) is 13.0. The number of halogens is 1. The second-order valence-corrected chi connectivity index (χ2v) is 6.12. The number of benzene rings is 2. The number of carboxylic acids is 1. The Morgan fingerprint density at radius 1 is 1.19 bits per heavy atom. The highest BCUT2D eigenvalue weighted by molar-refractivity contribution is 5.79. The van der Waals surface area contributed by atoms with Gasteiger partial charge in [0.15, 0.2) is 0 Å². The number of unbranched alkanes of at least 4 members (excludes halogenated alkanes) is 1. The molecule has 5 nitrogen and oxygen atoms in total. The minimum Gasteiger partial charge on any atom is -0.481 e. The van der Waals surface area contributed by atoms with E-state index in [4.69, 9.17) is 11.5 Å².